The Labute approximate surface area is 120 Å². The predicted molar refractivity (Wildman–Crippen MR) is 83.6 cm³/mol. The summed E-state index contributed by atoms with van der Waals surface area (Å²) < 4.78 is 0. The van der Waals surface area contributed by atoms with Crippen LogP contribution in [0.4, 0.5) is 0 Å². The molecule has 1 saturated carbocycles. The number of likely N-dealkylation sites (tertiary alicyclic amines) is 1. The van der Waals surface area contributed by atoms with E-state index < -0.39 is 0 Å². The predicted octanol–water partition coefficient (Wildman–Crippen LogP) is 3.76. The number of nitrogens with zero attached hydrogens (tertiary/aromatic N) is 2. The molecule has 0 aromatic heterocycles. The van der Waals surface area contributed by atoms with Crippen molar-refractivity contribution < 1.29 is 0 Å². The summed E-state index contributed by atoms with van der Waals surface area (Å²) in [6, 6.07) is 0. The lowest BCUT2D eigenvalue weighted by molar-refractivity contribution is -0.0124. The topological polar surface area (TPSA) is 6.48 Å². The summed E-state index contributed by atoms with van der Waals surface area (Å²) in [7, 11) is 4.61. The molecule has 0 spiro atoms. The lowest BCUT2D eigenvalue weighted by Crippen LogP contribution is -2.60. The molecule has 0 unspecified atom stereocenters. The molecule has 1 saturated heterocycles. The van der Waals surface area contributed by atoms with Crippen LogP contribution in [-0.2, 0) is 0 Å². The summed E-state index contributed by atoms with van der Waals surface area (Å²) in [5.41, 5.74) is 0.748. The van der Waals surface area contributed by atoms with Crippen molar-refractivity contribution in [3.63, 3.8) is 0 Å². The largest absolute Gasteiger partial charge is 0.302 e. The van der Waals surface area contributed by atoms with Crippen LogP contribution >= 0.6 is 0 Å². The van der Waals surface area contributed by atoms with Gasteiger partial charge in [0.15, 0.2) is 0 Å². The lowest BCUT2D eigenvalue weighted by Gasteiger charge is -2.52. The average molecular weight is 266 g/mol. The SMILES string of the molecule is CN(C)[C@@]1(CC2CCCC2)CCCN(C(C)(C)C)C1. The smallest absolute Gasteiger partial charge is 0.0333 e. The van der Waals surface area contributed by atoms with Crippen molar-refractivity contribution in [1.82, 2.24) is 9.80 Å². The molecule has 0 N–H and O–H groups in total. The van der Waals surface area contributed by atoms with Crippen molar-refractivity contribution in [3.05, 3.63) is 0 Å². The molecule has 0 amide bonds. The van der Waals surface area contributed by atoms with Gasteiger partial charge in [0.25, 0.3) is 0 Å². The fraction of sp³-hybridized carbons (Fsp3) is 1.00. The summed E-state index contributed by atoms with van der Waals surface area (Å²) >= 11 is 0. The van der Waals surface area contributed by atoms with Gasteiger partial charge in [-0.25, -0.2) is 0 Å². The van der Waals surface area contributed by atoms with Crippen molar-refractivity contribution in [3.8, 4) is 0 Å². The van der Waals surface area contributed by atoms with Gasteiger partial charge in [0.1, 0.15) is 0 Å². The summed E-state index contributed by atoms with van der Waals surface area (Å²) in [4.78, 5) is 5.26. The Morgan fingerprint density at radius 2 is 1.74 bits per heavy atom. The van der Waals surface area contributed by atoms with Crippen LogP contribution in [0.25, 0.3) is 0 Å². The van der Waals surface area contributed by atoms with Crippen molar-refractivity contribution in [2.75, 3.05) is 27.2 Å². The van der Waals surface area contributed by atoms with Crippen LogP contribution in [0.2, 0.25) is 0 Å². The van der Waals surface area contributed by atoms with Gasteiger partial charge in [-0.05, 0) is 66.6 Å². The summed E-state index contributed by atoms with van der Waals surface area (Å²) in [5.74, 6) is 0.988. The molecule has 2 fully saturated rings. The quantitative estimate of drug-likeness (QED) is 0.767. The van der Waals surface area contributed by atoms with Crippen LogP contribution in [0.5, 0.6) is 0 Å². The van der Waals surface area contributed by atoms with Gasteiger partial charge in [-0.15, -0.1) is 0 Å². The van der Waals surface area contributed by atoms with Crippen molar-refractivity contribution in [1.29, 1.82) is 0 Å². The zero-order valence-electron chi connectivity index (χ0n) is 13.8. The third-order valence-electron chi connectivity index (χ3n) is 5.60. The first-order valence-corrected chi connectivity index (χ1v) is 8.26. The van der Waals surface area contributed by atoms with Gasteiger partial charge >= 0.3 is 0 Å². The molecule has 112 valence electrons. The Hall–Kier alpha value is -0.0800. The van der Waals surface area contributed by atoms with Crippen molar-refractivity contribution in [2.45, 2.75) is 76.8 Å². The van der Waals surface area contributed by atoms with Gasteiger partial charge in [-0.3, -0.25) is 4.90 Å². The lowest BCUT2D eigenvalue weighted by atomic mass is 9.78. The fourth-order valence-corrected chi connectivity index (χ4v) is 4.15. The van der Waals surface area contributed by atoms with Crippen LogP contribution in [0.3, 0.4) is 0 Å². The minimum absolute atomic E-state index is 0.317. The Morgan fingerprint density at radius 3 is 2.26 bits per heavy atom. The second-order valence-corrected chi connectivity index (χ2v) is 8.17. The number of likely N-dealkylation sites (N-methyl/N-ethyl adjacent to an activating group) is 1. The molecule has 2 aliphatic rings. The highest BCUT2D eigenvalue weighted by Crippen LogP contribution is 2.39. The minimum atomic E-state index is 0.317. The highest BCUT2D eigenvalue weighted by molar-refractivity contribution is 4.99. The van der Waals surface area contributed by atoms with E-state index in [4.69, 9.17) is 0 Å². The molecule has 0 aromatic carbocycles. The molecule has 1 heterocycles. The molecule has 19 heavy (non-hydrogen) atoms. The normalized spacial score (nSPS) is 31.3. The van der Waals surface area contributed by atoms with Gasteiger partial charge in [-0.1, -0.05) is 25.7 Å². The number of hydrogen-bond acceptors (Lipinski definition) is 2. The van der Waals surface area contributed by atoms with Crippen molar-refractivity contribution in [2.24, 2.45) is 5.92 Å². The van der Waals surface area contributed by atoms with Gasteiger partial charge in [0, 0.05) is 17.6 Å². The highest BCUT2D eigenvalue weighted by Gasteiger charge is 2.41. The Morgan fingerprint density at radius 1 is 1.11 bits per heavy atom. The maximum absolute atomic E-state index is 2.71. The standard InChI is InChI=1S/C17H34N2/c1-16(2,3)19-12-8-11-17(14-19,18(4)5)13-15-9-6-7-10-15/h15H,6-14H2,1-5H3/t17-/m1/s1. The molecule has 2 nitrogen and oxygen atoms in total. The molecule has 0 aromatic rings. The van der Waals surface area contributed by atoms with Gasteiger partial charge in [-0.2, -0.15) is 0 Å². The molecule has 0 radical (unpaired) electrons. The second kappa shape index (κ2) is 5.73. The van der Waals surface area contributed by atoms with E-state index in [-0.39, 0.29) is 0 Å². The van der Waals surface area contributed by atoms with Gasteiger partial charge in [0.05, 0.1) is 0 Å². The molecular formula is C17H34N2. The van der Waals surface area contributed by atoms with E-state index in [1.807, 2.05) is 0 Å². The van der Waals surface area contributed by atoms with E-state index in [1.54, 1.807) is 0 Å². The number of piperidine rings is 1. The van der Waals surface area contributed by atoms with Gasteiger partial charge in [0.2, 0.25) is 0 Å². The molecule has 0 bridgehead atoms. The Kier molecular flexibility index (Phi) is 4.62. The summed E-state index contributed by atoms with van der Waals surface area (Å²) in [6.45, 7) is 9.65. The second-order valence-electron chi connectivity index (χ2n) is 8.17. The van der Waals surface area contributed by atoms with Crippen LogP contribution in [-0.4, -0.2) is 48.1 Å². The van der Waals surface area contributed by atoms with Crippen LogP contribution in [0, 0.1) is 5.92 Å². The molecule has 1 atom stereocenters. The fourth-order valence-electron chi connectivity index (χ4n) is 4.15. The number of rotatable bonds is 3. The van der Waals surface area contributed by atoms with Crippen LogP contribution in [0.1, 0.15) is 65.7 Å². The van der Waals surface area contributed by atoms with E-state index >= 15 is 0 Å². The van der Waals surface area contributed by atoms with E-state index in [9.17, 15) is 0 Å². The average Bonchev–Trinajstić information content (AvgIpc) is 2.80. The molecule has 1 aliphatic carbocycles. The van der Waals surface area contributed by atoms with Crippen molar-refractivity contribution >= 4 is 0 Å². The zero-order valence-corrected chi connectivity index (χ0v) is 13.8. The first-order valence-electron chi connectivity index (χ1n) is 8.26. The van der Waals surface area contributed by atoms with Crippen LogP contribution in [0.15, 0.2) is 0 Å². The van der Waals surface area contributed by atoms with Crippen LogP contribution < -0.4 is 0 Å². The third kappa shape index (κ3) is 3.52. The van der Waals surface area contributed by atoms with E-state index in [0.29, 0.717) is 11.1 Å². The zero-order chi connectivity index (χ0) is 14.1. The summed E-state index contributed by atoms with van der Waals surface area (Å²) in [5, 5.41) is 0. The first kappa shape index (κ1) is 15.3. The van der Waals surface area contributed by atoms with E-state index in [1.165, 1.54) is 58.0 Å². The maximum Gasteiger partial charge on any atom is 0.0333 e. The Bertz CT molecular complexity index is 286. The minimum Gasteiger partial charge on any atom is -0.302 e. The monoisotopic (exact) mass is 266 g/mol. The maximum atomic E-state index is 2.71. The summed E-state index contributed by atoms with van der Waals surface area (Å²) in [6.07, 6.45) is 10.1. The Balaban J connectivity index is 2.09. The number of hydrogen-bond donors (Lipinski definition) is 0. The molecular weight excluding hydrogens is 232 g/mol. The molecule has 2 heteroatoms. The first-order chi connectivity index (χ1) is 8.83. The third-order valence-corrected chi connectivity index (χ3v) is 5.60. The van der Waals surface area contributed by atoms with Gasteiger partial charge < -0.3 is 4.90 Å². The molecule has 2 rings (SSSR count). The van der Waals surface area contributed by atoms with E-state index in [0.717, 1.165) is 5.92 Å². The molecule has 1 aliphatic heterocycles. The van der Waals surface area contributed by atoms with E-state index in [2.05, 4.69) is 44.7 Å². The highest BCUT2D eigenvalue weighted by atomic mass is 15.3.